The van der Waals surface area contributed by atoms with Crippen LogP contribution in [0, 0.1) is 23.3 Å². The van der Waals surface area contributed by atoms with E-state index in [1.54, 1.807) is 58.3 Å². The fourth-order valence-corrected chi connectivity index (χ4v) is 5.51. The van der Waals surface area contributed by atoms with Gasteiger partial charge in [-0.1, -0.05) is 24.3 Å². The molecule has 0 aliphatic rings. The van der Waals surface area contributed by atoms with E-state index in [9.17, 15) is 17.6 Å². The van der Waals surface area contributed by atoms with Crippen LogP contribution in [0.4, 0.5) is 51.7 Å². The highest BCUT2D eigenvalue weighted by Crippen LogP contribution is 2.41. The number of hydrogen-bond acceptors (Lipinski definition) is 2. The summed E-state index contributed by atoms with van der Waals surface area (Å²) in [6, 6.07) is 36.1. The first-order valence-electron chi connectivity index (χ1n) is 13.6. The second kappa shape index (κ2) is 10.7. The van der Waals surface area contributed by atoms with Crippen molar-refractivity contribution >= 4 is 55.9 Å². The van der Waals surface area contributed by atoms with E-state index in [1.807, 2.05) is 36.4 Å². The molecule has 0 radical (unpaired) electrons. The third-order valence-electron chi connectivity index (χ3n) is 7.35. The highest BCUT2D eigenvalue weighted by Gasteiger charge is 2.18. The zero-order valence-corrected chi connectivity index (χ0v) is 22.6. The Hall–Kier alpha value is -5.56. The summed E-state index contributed by atoms with van der Waals surface area (Å²) in [4.78, 5) is 7.01. The lowest BCUT2D eigenvalue weighted by Crippen LogP contribution is -2.10. The van der Waals surface area contributed by atoms with E-state index in [-0.39, 0.29) is 0 Å². The van der Waals surface area contributed by atoms with E-state index in [1.165, 1.54) is 48.5 Å². The van der Waals surface area contributed by atoms with Crippen molar-refractivity contribution in [1.82, 2.24) is 4.98 Å². The van der Waals surface area contributed by atoms with Crippen molar-refractivity contribution in [2.24, 2.45) is 0 Å². The van der Waals surface area contributed by atoms with Gasteiger partial charge < -0.3 is 14.8 Å². The minimum atomic E-state index is -0.411. The number of halogens is 4. The summed E-state index contributed by atoms with van der Waals surface area (Å²) in [6.45, 7) is 0. The van der Waals surface area contributed by atoms with Crippen LogP contribution in [0.25, 0.3) is 21.8 Å². The van der Waals surface area contributed by atoms with Gasteiger partial charge >= 0.3 is 0 Å². The Kier molecular flexibility index (Phi) is 6.55. The predicted molar refractivity (Wildman–Crippen MR) is 165 cm³/mol. The highest BCUT2D eigenvalue weighted by atomic mass is 19.1. The normalized spacial score (nSPS) is 11.3. The number of nitrogens with one attached hydrogen (secondary N) is 1. The number of aromatic nitrogens is 1. The van der Waals surface area contributed by atoms with Gasteiger partial charge in [-0.2, -0.15) is 0 Å². The molecule has 7 heteroatoms. The maximum atomic E-state index is 14.3. The Balaban J connectivity index is 1.42. The monoisotopic (exact) mass is 573 g/mol. The van der Waals surface area contributed by atoms with Gasteiger partial charge in [0.25, 0.3) is 0 Å². The Bertz CT molecular complexity index is 1880. The van der Waals surface area contributed by atoms with Crippen molar-refractivity contribution in [3.8, 4) is 0 Å². The second-order valence-electron chi connectivity index (χ2n) is 10.2. The van der Waals surface area contributed by atoms with Crippen LogP contribution in [-0.2, 0) is 0 Å². The molecular weight excluding hydrogens is 550 g/mol. The number of anilines is 6. The van der Waals surface area contributed by atoms with Crippen molar-refractivity contribution in [3.05, 3.63) is 157 Å². The zero-order valence-electron chi connectivity index (χ0n) is 22.6. The first kappa shape index (κ1) is 26.3. The topological polar surface area (TPSA) is 22.3 Å². The summed E-state index contributed by atoms with van der Waals surface area (Å²) in [7, 11) is 0. The van der Waals surface area contributed by atoms with E-state index < -0.39 is 23.3 Å². The van der Waals surface area contributed by atoms with Crippen LogP contribution < -0.4 is 9.80 Å². The van der Waals surface area contributed by atoms with Crippen LogP contribution in [0.15, 0.2) is 133 Å². The molecule has 0 bridgehead atoms. The van der Waals surface area contributed by atoms with Crippen LogP contribution >= 0.6 is 0 Å². The lowest BCUT2D eigenvalue weighted by atomic mass is 10.1. The third-order valence-corrected chi connectivity index (χ3v) is 7.35. The summed E-state index contributed by atoms with van der Waals surface area (Å²) in [5, 5.41) is 1.73. The number of fused-ring (bicyclic) bond motifs is 3. The van der Waals surface area contributed by atoms with Crippen molar-refractivity contribution < 1.29 is 17.6 Å². The molecule has 0 saturated heterocycles. The van der Waals surface area contributed by atoms with Crippen LogP contribution in [0.1, 0.15) is 0 Å². The van der Waals surface area contributed by atoms with Crippen molar-refractivity contribution in [2.75, 3.05) is 9.80 Å². The van der Waals surface area contributed by atoms with E-state index in [0.29, 0.717) is 34.1 Å². The molecule has 43 heavy (non-hydrogen) atoms. The van der Waals surface area contributed by atoms with Gasteiger partial charge in [0.15, 0.2) is 0 Å². The molecule has 0 amide bonds. The first-order valence-corrected chi connectivity index (χ1v) is 13.6. The molecule has 0 fully saturated rings. The maximum absolute atomic E-state index is 14.3. The molecule has 0 saturated carbocycles. The van der Waals surface area contributed by atoms with E-state index in [4.69, 9.17) is 0 Å². The number of hydrogen-bond donors (Lipinski definition) is 1. The largest absolute Gasteiger partial charge is 0.355 e. The Morgan fingerprint density at radius 2 is 0.651 bits per heavy atom. The van der Waals surface area contributed by atoms with Gasteiger partial charge in [-0.15, -0.1) is 0 Å². The number of aromatic amines is 1. The first-order chi connectivity index (χ1) is 20.9. The summed E-state index contributed by atoms with van der Waals surface area (Å²) >= 11 is 0. The summed E-state index contributed by atoms with van der Waals surface area (Å²) in [6.07, 6.45) is 0. The van der Waals surface area contributed by atoms with Gasteiger partial charge in [-0.05, 0) is 109 Å². The molecule has 0 aliphatic carbocycles. The molecule has 0 atom stereocenters. The summed E-state index contributed by atoms with van der Waals surface area (Å²) in [5.74, 6) is -1.64. The van der Waals surface area contributed by atoms with Crippen molar-refractivity contribution in [3.63, 3.8) is 0 Å². The minimum absolute atomic E-state index is 0.411. The van der Waals surface area contributed by atoms with Gasteiger partial charge in [-0.3, -0.25) is 0 Å². The Morgan fingerprint density at radius 1 is 0.349 bits per heavy atom. The van der Waals surface area contributed by atoms with Crippen molar-refractivity contribution in [1.29, 1.82) is 0 Å². The SMILES string of the molecule is Fc1cccc(N(c2cccc(F)c2)c2ccc3[nH]c4ccc(N(c5cccc(F)c5)c5cccc(F)c5)cc4c3c2)c1. The predicted octanol–water partition coefficient (Wildman–Crippen LogP) is 10.8. The highest BCUT2D eigenvalue weighted by molar-refractivity contribution is 6.10. The number of nitrogens with zero attached hydrogens (tertiary/aromatic N) is 2. The summed E-state index contributed by atoms with van der Waals surface area (Å²) < 4.78 is 57.4. The molecule has 210 valence electrons. The smallest absolute Gasteiger partial charge is 0.125 e. The van der Waals surface area contributed by atoms with Crippen LogP contribution in [0.3, 0.4) is 0 Å². The molecule has 1 heterocycles. The van der Waals surface area contributed by atoms with Crippen LogP contribution in [-0.4, -0.2) is 4.98 Å². The van der Waals surface area contributed by atoms with E-state index in [0.717, 1.165) is 21.8 Å². The third kappa shape index (κ3) is 5.06. The lowest BCUT2D eigenvalue weighted by molar-refractivity contribution is 0.626. The van der Waals surface area contributed by atoms with Crippen molar-refractivity contribution in [2.45, 2.75) is 0 Å². The average molecular weight is 574 g/mol. The van der Waals surface area contributed by atoms with Gasteiger partial charge in [0.2, 0.25) is 0 Å². The standard InChI is InChI=1S/C36H23F4N3/c37-23-5-1-9-27(17-23)42(28-10-2-6-24(38)18-28)31-13-15-35-33(21-31)34-22-32(14-16-36(34)41-35)43(29-11-3-7-25(39)19-29)30-12-4-8-26(40)20-30/h1-22,41H. The molecule has 7 rings (SSSR count). The molecule has 0 spiro atoms. The van der Waals surface area contributed by atoms with Gasteiger partial charge in [0, 0.05) is 55.9 Å². The number of rotatable bonds is 6. The molecule has 3 nitrogen and oxygen atoms in total. The molecular formula is C36H23F4N3. The number of benzene rings is 6. The molecule has 1 aromatic heterocycles. The molecule has 7 aromatic rings. The minimum Gasteiger partial charge on any atom is -0.355 e. The molecule has 6 aromatic carbocycles. The van der Waals surface area contributed by atoms with E-state index >= 15 is 0 Å². The quantitative estimate of drug-likeness (QED) is 0.200. The van der Waals surface area contributed by atoms with E-state index in [2.05, 4.69) is 4.98 Å². The molecule has 0 aliphatic heterocycles. The van der Waals surface area contributed by atoms with Crippen LogP contribution in [0.5, 0.6) is 0 Å². The maximum Gasteiger partial charge on any atom is 0.125 e. The fraction of sp³-hybridized carbons (Fsp3) is 0. The Morgan fingerprint density at radius 3 is 0.953 bits per heavy atom. The fourth-order valence-electron chi connectivity index (χ4n) is 5.51. The van der Waals surface area contributed by atoms with Gasteiger partial charge in [0.1, 0.15) is 23.3 Å². The Labute approximate surface area is 244 Å². The second-order valence-corrected chi connectivity index (χ2v) is 10.2. The molecule has 1 N–H and O–H groups in total. The van der Waals surface area contributed by atoms with Gasteiger partial charge in [0.05, 0.1) is 0 Å². The average Bonchev–Trinajstić information content (AvgIpc) is 3.35. The zero-order chi connectivity index (χ0) is 29.5. The molecule has 0 unspecified atom stereocenters. The van der Waals surface area contributed by atoms with Gasteiger partial charge in [-0.25, -0.2) is 17.6 Å². The lowest BCUT2D eigenvalue weighted by Gasteiger charge is -2.26. The number of H-pyrrole nitrogens is 1. The van der Waals surface area contributed by atoms with Crippen LogP contribution in [0.2, 0.25) is 0 Å². The summed E-state index contributed by atoms with van der Waals surface area (Å²) in [5.41, 5.74) is 5.25.